The molecule has 122 valence electrons. The highest BCUT2D eigenvalue weighted by Crippen LogP contribution is 2.24. The van der Waals surface area contributed by atoms with Crippen LogP contribution in [0, 0.1) is 5.92 Å². The van der Waals surface area contributed by atoms with Crippen LogP contribution in [0.1, 0.15) is 19.8 Å². The number of piperidine rings is 1. The van der Waals surface area contributed by atoms with E-state index in [0.717, 1.165) is 10.2 Å². The lowest BCUT2D eigenvalue weighted by Gasteiger charge is -2.32. The zero-order valence-corrected chi connectivity index (χ0v) is 14.8. The molecular formula is C15H21BrClN3O2. The van der Waals surface area contributed by atoms with Gasteiger partial charge in [-0.25, -0.2) is 0 Å². The predicted octanol–water partition coefficient (Wildman–Crippen LogP) is 2.40. The van der Waals surface area contributed by atoms with Crippen LogP contribution in [0.15, 0.2) is 28.7 Å². The normalized spacial score (nSPS) is 16.6. The first-order chi connectivity index (χ1) is 9.99. The van der Waals surface area contributed by atoms with Crippen LogP contribution in [0.25, 0.3) is 0 Å². The van der Waals surface area contributed by atoms with Crippen LogP contribution < -0.4 is 11.1 Å². The maximum absolute atomic E-state index is 12.3. The fraction of sp³-hybridized carbons (Fsp3) is 0.467. The summed E-state index contributed by atoms with van der Waals surface area (Å²) in [4.78, 5) is 25.8. The van der Waals surface area contributed by atoms with Crippen molar-refractivity contribution in [1.29, 1.82) is 0 Å². The van der Waals surface area contributed by atoms with Gasteiger partial charge < -0.3 is 16.0 Å². The van der Waals surface area contributed by atoms with E-state index in [1.807, 2.05) is 24.3 Å². The van der Waals surface area contributed by atoms with Gasteiger partial charge in [-0.05, 0) is 47.8 Å². The molecule has 1 saturated heterocycles. The molecule has 0 aliphatic carbocycles. The van der Waals surface area contributed by atoms with Crippen LogP contribution >= 0.6 is 28.3 Å². The van der Waals surface area contributed by atoms with Crippen molar-refractivity contribution in [3.63, 3.8) is 0 Å². The van der Waals surface area contributed by atoms with Gasteiger partial charge in [-0.3, -0.25) is 9.59 Å². The first-order valence-electron chi connectivity index (χ1n) is 7.09. The first-order valence-corrected chi connectivity index (χ1v) is 7.88. The molecule has 1 fully saturated rings. The summed E-state index contributed by atoms with van der Waals surface area (Å²) in [6.45, 7) is 2.87. The summed E-state index contributed by atoms with van der Waals surface area (Å²) in [5.41, 5.74) is 6.38. The largest absolute Gasteiger partial charge is 0.341 e. The number of likely N-dealkylation sites (tertiary alicyclic amines) is 1. The summed E-state index contributed by atoms with van der Waals surface area (Å²) < 4.78 is 0.864. The van der Waals surface area contributed by atoms with Gasteiger partial charge in [0.15, 0.2) is 0 Å². The molecule has 0 saturated carbocycles. The molecule has 1 heterocycles. The molecule has 5 nitrogen and oxygen atoms in total. The van der Waals surface area contributed by atoms with Crippen molar-refractivity contribution < 1.29 is 9.59 Å². The maximum Gasteiger partial charge on any atom is 0.239 e. The van der Waals surface area contributed by atoms with Gasteiger partial charge in [0.2, 0.25) is 11.8 Å². The molecule has 1 atom stereocenters. The van der Waals surface area contributed by atoms with Gasteiger partial charge in [-0.1, -0.05) is 12.1 Å². The molecule has 7 heteroatoms. The number of hydrogen-bond donors (Lipinski definition) is 2. The van der Waals surface area contributed by atoms with Crippen molar-refractivity contribution in [3.8, 4) is 0 Å². The minimum Gasteiger partial charge on any atom is -0.341 e. The van der Waals surface area contributed by atoms with Gasteiger partial charge in [0.25, 0.3) is 0 Å². The van der Waals surface area contributed by atoms with Crippen molar-refractivity contribution in [2.45, 2.75) is 25.8 Å². The molecule has 1 aliphatic rings. The van der Waals surface area contributed by atoms with E-state index >= 15 is 0 Å². The van der Waals surface area contributed by atoms with Gasteiger partial charge in [0, 0.05) is 23.5 Å². The molecule has 2 amide bonds. The number of rotatable bonds is 3. The minimum absolute atomic E-state index is 0. The Morgan fingerprint density at radius 1 is 1.32 bits per heavy atom. The van der Waals surface area contributed by atoms with E-state index < -0.39 is 6.04 Å². The molecule has 1 aliphatic heterocycles. The van der Waals surface area contributed by atoms with Crippen LogP contribution in [0.3, 0.4) is 0 Å². The second-order valence-corrected chi connectivity index (χ2v) is 6.21. The monoisotopic (exact) mass is 389 g/mol. The van der Waals surface area contributed by atoms with Crippen molar-refractivity contribution in [3.05, 3.63) is 28.7 Å². The van der Waals surface area contributed by atoms with E-state index in [1.54, 1.807) is 11.8 Å². The Morgan fingerprint density at radius 2 is 1.91 bits per heavy atom. The Balaban J connectivity index is 0.00000242. The highest BCUT2D eigenvalue weighted by Gasteiger charge is 2.28. The van der Waals surface area contributed by atoms with Crippen LogP contribution in [0.2, 0.25) is 0 Å². The van der Waals surface area contributed by atoms with Crippen LogP contribution in [0.5, 0.6) is 0 Å². The predicted molar refractivity (Wildman–Crippen MR) is 93.0 cm³/mol. The lowest BCUT2D eigenvalue weighted by atomic mass is 9.95. The van der Waals surface area contributed by atoms with Gasteiger partial charge in [-0.2, -0.15) is 0 Å². The van der Waals surface area contributed by atoms with E-state index in [9.17, 15) is 9.59 Å². The molecule has 0 bridgehead atoms. The number of hydrogen-bond acceptors (Lipinski definition) is 3. The van der Waals surface area contributed by atoms with E-state index in [1.165, 1.54) is 0 Å². The lowest BCUT2D eigenvalue weighted by molar-refractivity contribution is -0.135. The third-order valence-corrected chi connectivity index (χ3v) is 4.39. The molecule has 1 aromatic carbocycles. The number of nitrogens with one attached hydrogen (secondary N) is 1. The van der Waals surface area contributed by atoms with E-state index in [0.29, 0.717) is 25.9 Å². The number of halogens is 2. The minimum atomic E-state index is -0.476. The molecule has 0 unspecified atom stereocenters. The fourth-order valence-electron chi connectivity index (χ4n) is 2.45. The van der Waals surface area contributed by atoms with Crippen LogP contribution in [0.4, 0.5) is 5.69 Å². The Bertz CT molecular complexity index is 531. The van der Waals surface area contributed by atoms with Crippen molar-refractivity contribution in [2.75, 3.05) is 18.4 Å². The van der Waals surface area contributed by atoms with E-state index in [-0.39, 0.29) is 30.1 Å². The number of para-hydroxylation sites is 1. The Kier molecular flexibility index (Phi) is 7.32. The Labute approximate surface area is 145 Å². The summed E-state index contributed by atoms with van der Waals surface area (Å²) in [6.07, 6.45) is 1.35. The van der Waals surface area contributed by atoms with Crippen molar-refractivity contribution >= 4 is 45.8 Å². The second kappa shape index (κ2) is 8.50. The molecule has 0 aromatic heterocycles. The standard InChI is InChI=1S/C15H20BrN3O2.ClH/c1-10(17)15(21)19-8-6-11(7-9-19)14(20)18-13-5-3-2-4-12(13)16;/h2-5,10-11H,6-9,17H2,1H3,(H,18,20);1H/t10-;/m0./s1. The molecule has 0 spiro atoms. The van der Waals surface area contributed by atoms with Gasteiger partial charge >= 0.3 is 0 Å². The topological polar surface area (TPSA) is 75.4 Å². The lowest BCUT2D eigenvalue weighted by Crippen LogP contribution is -2.47. The number of carbonyl (C=O) groups is 2. The summed E-state index contributed by atoms with van der Waals surface area (Å²) in [7, 11) is 0. The van der Waals surface area contributed by atoms with Crippen molar-refractivity contribution in [2.24, 2.45) is 11.7 Å². The number of nitrogens with two attached hydrogens (primary N) is 1. The van der Waals surface area contributed by atoms with Crippen LogP contribution in [-0.2, 0) is 9.59 Å². The van der Waals surface area contributed by atoms with Crippen LogP contribution in [-0.4, -0.2) is 35.8 Å². The number of amides is 2. The second-order valence-electron chi connectivity index (χ2n) is 5.36. The smallest absolute Gasteiger partial charge is 0.239 e. The third kappa shape index (κ3) is 4.69. The van der Waals surface area contributed by atoms with Gasteiger partial charge in [0.1, 0.15) is 0 Å². The summed E-state index contributed by atoms with van der Waals surface area (Å²) in [6, 6.07) is 7.05. The van der Waals surface area contributed by atoms with E-state index in [4.69, 9.17) is 5.73 Å². The Hall–Kier alpha value is -1.11. The number of carbonyl (C=O) groups excluding carboxylic acids is 2. The number of benzene rings is 1. The maximum atomic E-state index is 12.3. The molecule has 2 rings (SSSR count). The molecule has 3 N–H and O–H groups in total. The fourth-order valence-corrected chi connectivity index (χ4v) is 2.83. The Morgan fingerprint density at radius 3 is 2.45 bits per heavy atom. The number of nitrogens with zero attached hydrogens (tertiary/aromatic N) is 1. The SMILES string of the molecule is C[C@H](N)C(=O)N1CCC(C(=O)Nc2ccccc2Br)CC1.Cl. The number of anilines is 1. The summed E-state index contributed by atoms with van der Waals surface area (Å²) in [5.74, 6) is -0.0938. The summed E-state index contributed by atoms with van der Waals surface area (Å²) in [5, 5.41) is 2.93. The highest BCUT2D eigenvalue weighted by atomic mass is 79.9. The zero-order valence-electron chi connectivity index (χ0n) is 12.4. The molecule has 0 radical (unpaired) electrons. The summed E-state index contributed by atoms with van der Waals surface area (Å²) >= 11 is 3.41. The van der Waals surface area contributed by atoms with E-state index in [2.05, 4.69) is 21.2 Å². The van der Waals surface area contributed by atoms with Gasteiger partial charge in [0.05, 0.1) is 11.7 Å². The quantitative estimate of drug-likeness (QED) is 0.832. The molecule has 22 heavy (non-hydrogen) atoms. The first kappa shape index (κ1) is 18.9. The third-order valence-electron chi connectivity index (χ3n) is 3.70. The zero-order chi connectivity index (χ0) is 15.4. The highest BCUT2D eigenvalue weighted by molar-refractivity contribution is 9.10. The molecule has 1 aromatic rings. The molecular weight excluding hydrogens is 370 g/mol. The van der Waals surface area contributed by atoms with Gasteiger partial charge in [-0.15, -0.1) is 12.4 Å². The average Bonchev–Trinajstić information content (AvgIpc) is 2.49. The average molecular weight is 391 g/mol. The van der Waals surface area contributed by atoms with Crippen molar-refractivity contribution in [1.82, 2.24) is 4.90 Å².